The third-order valence-corrected chi connectivity index (χ3v) is 2.73. The van der Waals surface area contributed by atoms with E-state index in [1.165, 1.54) is 12.8 Å². The molecule has 0 heterocycles. The zero-order valence-corrected chi connectivity index (χ0v) is 11.3. The summed E-state index contributed by atoms with van der Waals surface area (Å²) in [6.45, 7) is 13.5. The van der Waals surface area contributed by atoms with E-state index in [4.69, 9.17) is 5.73 Å². The fourth-order valence-corrected chi connectivity index (χ4v) is 1.82. The molecule has 0 bridgehead atoms. The zero-order chi connectivity index (χ0) is 11.8. The smallest absolute Gasteiger partial charge is 0.0167 e. The van der Waals surface area contributed by atoms with E-state index in [-0.39, 0.29) is 0 Å². The minimum atomic E-state index is 0.353. The Kier molecular flexibility index (Phi) is 8.07. The summed E-state index contributed by atoms with van der Waals surface area (Å²) in [5, 5.41) is 0. The van der Waals surface area contributed by atoms with E-state index in [0.717, 1.165) is 25.4 Å². The molecule has 0 saturated carbocycles. The van der Waals surface area contributed by atoms with Crippen molar-refractivity contribution < 1.29 is 0 Å². The van der Waals surface area contributed by atoms with Crippen LogP contribution in [0, 0.1) is 5.92 Å². The summed E-state index contributed by atoms with van der Waals surface area (Å²) in [7, 11) is 0. The molecule has 0 rings (SSSR count). The molecule has 2 N–H and O–H groups in total. The second-order valence-electron chi connectivity index (χ2n) is 5.34. The molecule has 0 aromatic rings. The van der Waals surface area contributed by atoms with Crippen LogP contribution in [-0.2, 0) is 0 Å². The second kappa shape index (κ2) is 8.12. The van der Waals surface area contributed by atoms with Crippen molar-refractivity contribution >= 4 is 0 Å². The molecule has 0 amide bonds. The molecular weight excluding hydrogens is 184 g/mol. The molecule has 2 heteroatoms. The lowest BCUT2D eigenvalue weighted by Crippen LogP contribution is -2.43. The number of rotatable bonds is 8. The molecule has 0 aliphatic carbocycles. The lowest BCUT2D eigenvalue weighted by Gasteiger charge is -2.30. The van der Waals surface area contributed by atoms with Gasteiger partial charge in [-0.3, -0.25) is 4.90 Å². The zero-order valence-electron chi connectivity index (χ0n) is 11.3. The van der Waals surface area contributed by atoms with Crippen LogP contribution in [-0.4, -0.2) is 30.1 Å². The molecule has 0 radical (unpaired) electrons. The van der Waals surface area contributed by atoms with E-state index in [9.17, 15) is 0 Å². The summed E-state index contributed by atoms with van der Waals surface area (Å²) < 4.78 is 0. The molecule has 0 aliphatic rings. The van der Waals surface area contributed by atoms with Crippen LogP contribution in [0.15, 0.2) is 0 Å². The summed E-state index contributed by atoms with van der Waals surface area (Å²) in [5.41, 5.74) is 6.13. The van der Waals surface area contributed by atoms with Crippen LogP contribution in [0.4, 0.5) is 0 Å². The summed E-state index contributed by atoms with van der Waals surface area (Å²) in [6, 6.07) is 0.964. The number of nitrogens with two attached hydrogens (primary N) is 1. The van der Waals surface area contributed by atoms with Crippen molar-refractivity contribution in [3.05, 3.63) is 0 Å². The summed E-state index contributed by atoms with van der Waals surface area (Å²) in [4.78, 5) is 2.50. The first kappa shape index (κ1) is 14.9. The number of hydrogen-bond acceptors (Lipinski definition) is 2. The Morgan fingerprint density at radius 1 is 1.07 bits per heavy atom. The highest BCUT2D eigenvalue weighted by molar-refractivity contribution is 4.72. The molecule has 0 aromatic carbocycles. The van der Waals surface area contributed by atoms with Gasteiger partial charge >= 0.3 is 0 Å². The van der Waals surface area contributed by atoms with E-state index in [1.54, 1.807) is 0 Å². The van der Waals surface area contributed by atoms with E-state index < -0.39 is 0 Å². The van der Waals surface area contributed by atoms with E-state index >= 15 is 0 Å². The highest BCUT2D eigenvalue weighted by atomic mass is 15.2. The third-order valence-electron chi connectivity index (χ3n) is 2.73. The Balaban J connectivity index is 3.93. The first-order valence-electron chi connectivity index (χ1n) is 6.47. The van der Waals surface area contributed by atoms with Gasteiger partial charge in [0.15, 0.2) is 0 Å². The van der Waals surface area contributed by atoms with Gasteiger partial charge in [0.2, 0.25) is 0 Å². The average molecular weight is 214 g/mol. The minimum Gasteiger partial charge on any atom is -0.327 e. The topological polar surface area (TPSA) is 29.3 Å². The lowest BCUT2D eigenvalue weighted by molar-refractivity contribution is 0.183. The molecule has 15 heavy (non-hydrogen) atoms. The maximum Gasteiger partial charge on any atom is 0.0167 e. The molecule has 0 saturated heterocycles. The van der Waals surface area contributed by atoms with Gasteiger partial charge in [0.1, 0.15) is 0 Å². The Labute approximate surface area is 96.2 Å². The highest BCUT2D eigenvalue weighted by Crippen LogP contribution is 2.07. The van der Waals surface area contributed by atoms with Gasteiger partial charge in [0.05, 0.1) is 0 Å². The van der Waals surface area contributed by atoms with Gasteiger partial charge in [-0.25, -0.2) is 0 Å². The first-order valence-corrected chi connectivity index (χ1v) is 6.47. The van der Waals surface area contributed by atoms with Crippen LogP contribution in [0.3, 0.4) is 0 Å². The number of nitrogens with zero attached hydrogens (tertiary/aromatic N) is 1. The molecule has 1 unspecified atom stereocenters. The Morgan fingerprint density at radius 2 is 1.67 bits per heavy atom. The minimum absolute atomic E-state index is 0.353. The molecule has 0 spiro atoms. The van der Waals surface area contributed by atoms with Crippen LogP contribution in [0.5, 0.6) is 0 Å². The van der Waals surface area contributed by atoms with Crippen LogP contribution in [0.1, 0.15) is 53.9 Å². The normalized spacial score (nSPS) is 14.2. The molecule has 92 valence electrons. The molecular formula is C13H30N2. The Morgan fingerprint density at radius 3 is 2.07 bits per heavy atom. The maximum absolute atomic E-state index is 6.13. The van der Waals surface area contributed by atoms with Crippen LogP contribution in [0.25, 0.3) is 0 Å². The molecule has 2 nitrogen and oxygen atoms in total. The van der Waals surface area contributed by atoms with E-state index in [0.29, 0.717) is 12.1 Å². The van der Waals surface area contributed by atoms with Crippen LogP contribution >= 0.6 is 0 Å². The largest absolute Gasteiger partial charge is 0.327 e. The van der Waals surface area contributed by atoms with Crippen molar-refractivity contribution in [3.8, 4) is 0 Å². The summed E-state index contributed by atoms with van der Waals surface area (Å²) in [6.07, 6.45) is 3.67. The van der Waals surface area contributed by atoms with Crippen molar-refractivity contribution in [3.63, 3.8) is 0 Å². The molecule has 0 fully saturated rings. The molecule has 1 atom stereocenters. The number of unbranched alkanes of at least 4 members (excludes halogenated alkanes) is 1. The van der Waals surface area contributed by atoms with Crippen LogP contribution < -0.4 is 5.73 Å². The summed E-state index contributed by atoms with van der Waals surface area (Å²) in [5.74, 6) is 0.728. The monoisotopic (exact) mass is 214 g/mol. The van der Waals surface area contributed by atoms with Gasteiger partial charge in [-0.2, -0.15) is 0 Å². The quantitative estimate of drug-likeness (QED) is 0.673. The van der Waals surface area contributed by atoms with Gasteiger partial charge < -0.3 is 5.73 Å². The Bertz CT molecular complexity index is 143. The van der Waals surface area contributed by atoms with Crippen molar-refractivity contribution in [1.29, 1.82) is 0 Å². The molecule has 0 aliphatic heterocycles. The predicted molar refractivity (Wildman–Crippen MR) is 69.0 cm³/mol. The van der Waals surface area contributed by atoms with Crippen LogP contribution in [0.2, 0.25) is 0 Å². The van der Waals surface area contributed by atoms with Gasteiger partial charge in [-0.1, -0.05) is 33.6 Å². The fourth-order valence-electron chi connectivity index (χ4n) is 1.82. The fraction of sp³-hybridized carbons (Fsp3) is 1.00. The third kappa shape index (κ3) is 7.80. The maximum atomic E-state index is 6.13. The highest BCUT2D eigenvalue weighted by Gasteiger charge is 2.14. The van der Waals surface area contributed by atoms with Gasteiger partial charge in [-0.05, 0) is 26.2 Å². The average Bonchev–Trinajstić information content (AvgIpc) is 2.12. The standard InChI is InChI=1S/C13H30N2/c1-6-7-8-13(14)10-15(12(4)5)9-11(2)3/h11-13H,6-10,14H2,1-5H3. The van der Waals surface area contributed by atoms with Gasteiger partial charge in [-0.15, -0.1) is 0 Å². The van der Waals surface area contributed by atoms with Gasteiger partial charge in [0, 0.05) is 25.2 Å². The van der Waals surface area contributed by atoms with Crippen molar-refractivity contribution in [2.75, 3.05) is 13.1 Å². The summed E-state index contributed by atoms with van der Waals surface area (Å²) >= 11 is 0. The van der Waals surface area contributed by atoms with Crippen molar-refractivity contribution in [2.45, 2.75) is 66.0 Å². The first-order chi connectivity index (χ1) is 6.97. The van der Waals surface area contributed by atoms with Crippen molar-refractivity contribution in [1.82, 2.24) is 4.90 Å². The van der Waals surface area contributed by atoms with E-state index in [2.05, 4.69) is 39.5 Å². The number of hydrogen-bond donors (Lipinski definition) is 1. The molecule has 0 aromatic heterocycles. The second-order valence-corrected chi connectivity index (χ2v) is 5.34. The Hall–Kier alpha value is -0.0800. The van der Waals surface area contributed by atoms with Crippen molar-refractivity contribution in [2.24, 2.45) is 11.7 Å². The van der Waals surface area contributed by atoms with E-state index in [1.807, 2.05) is 0 Å². The predicted octanol–water partition coefficient (Wildman–Crippen LogP) is 2.87. The van der Waals surface area contributed by atoms with Gasteiger partial charge in [0.25, 0.3) is 0 Å². The lowest BCUT2D eigenvalue weighted by atomic mass is 10.1. The SMILES string of the molecule is CCCCC(N)CN(CC(C)C)C(C)C.